The fraction of sp³-hybridized carbons (Fsp3) is 0.385. The Bertz CT molecular complexity index is 673. The van der Waals surface area contributed by atoms with Crippen LogP contribution in [-0.4, -0.2) is 26.8 Å². The number of hydrogen-bond donors (Lipinski definition) is 1. The van der Waals surface area contributed by atoms with Crippen molar-refractivity contribution in [1.82, 2.24) is 9.62 Å². The number of hydrogen-bond acceptors (Lipinski definition) is 5. The quantitative estimate of drug-likeness (QED) is 0.888. The zero-order chi connectivity index (χ0) is 14.8. The van der Waals surface area contributed by atoms with Gasteiger partial charge in [-0.2, -0.15) is 4.31 Å². The summed E-state index contributed by atoms with van der Waals surface area (Å²) in [6.07, 6.45) is 0. The number of furan rings is 1. The smallest absolute Gasteiger partial charge is 0.252 e. The molecule has 0 amide bonds. The first-order valence-electron chi connectivity index (χ1n) is 6.17. The molecule has 0 aliphatic carbocycles. The monoisotopic (exact) mass is 314 g/mol. The number of rotatable bonds is 6. The maximum absolute atomic E-state index is 12.4. The van der Waals surface area contributed by atoms with Gasteiger partial charge in [-0.3, -0.25) is 0 Å². The molecule has 0 saturated heterocycles. The van der Waals surface area contributed by atoms with Crippen LogP contribution in [0.25, 0.3) is 0 Å². The zero-order valence-corrected chi connectivity index (χ0v) is 13.3. The van der Waals surface area contributed by atoms with Crippen molar-refractivity contribution < 1.29 is 12.8 Å². The number of nitrogens with zero attached hydrogens (tertiary/aromatic N) is 1. The van der Waals surface area contributed by atoms with Crippen LogP contribution in [0.4, 0.5) is 0 Å². The summed E-state index contributed by atoms with van der Waals surface area (Å²) in [5, 5.41) is 4.86. The van der Waals surface area contributed by atoms with Crippen molar-refractivity contribution in [1.29, 1.82) is 0 Å². The van der Waals surface area contributed by atoms with E-state index < -0.39 is 10.0 Å². The van der Waals surface area contributed by atoms with E-state index in [2.05, 4.69) is 5.32 Å². The lowest BCUT2D eigenvalue weighted by atomic mass is 10.3. The number of thiophene rings is 1. The van der Waals surface area contributed by atoms with Crippen LogP contribution in [-0.2, 0) is 23.1 Å². The van der Waals surface area contributed by atoms with Gasteiger partial charge < -0.3 is 9.73 Å². The molecule has 0 spiro atoms. The molecule has 0 fully saturated rings. The van der Waals surface area contributed by atoms with Crippen molar-refractivity contribution in [2.75, 3.05) is 14.1 Å². The van der Waals surface area contributed by atoms with E-state index >= 15 is 0 Å². The van der Waals surface area contributed by atoms with Gasteiger partial charge in [0.1, 0.15) is 15.7 Å². The first-order chi connectivity index (χ1) is 9.43. The minimum atomic E-state index is -3.46. The van der Waals surface area contributed by atoms with E-state index in [0.29, 0.717) is 16.5 Å². The summed E-state index contributed by atoms with van der Waals surface area (Å²) in [4.78, 5) is 0. The van der Waals surface area contributed by atoms with E-state index in [4.69, 9.17) is 4.42 Å². The van der Waals surface area contributed by atoms with E-state index in [-0.39, 0.29) is 6.54 Å². The van der Waals surface area contributed by atoms with Crippen LogP contribution in [0.1, 0.15) is 17.1 Å². The summed E-state index contributed by atoms with van der Waals surface area (Å²) in [6, 6.07) is 5.33. The van der Waals surface area contributed by atoms with E-state index in [1.807, 2.05) is 25.4 Å². The van der Waals surface area contributed by atoms with Gasteiger partial charge in [0.05, 0.1) is 6.54 Å². The molecule has 2 heterocycles. The molecule has 0 atom stereocenters. The second-order valence-electron chi connectivity index (χ2n) is 4.58. The third kappa shape index (κ3) is 3.29. The summed E-state index contributed by atoms with van der Waals surface area (Å²) in [7, 11) is -0.0706. The molecule has 0 aliphatic rings. The molecular weight excluding hydrogens is 296 g/mol. The highest BCUT2D eigenvalue weighted by atomic mass is 32.2. The molecule has 110 valence electrons. The van der Waals surface area contributed by atoms with Gasteiger partial charge >= 0.3 is 0 Å². The van der Waals surface area contributed by atoms with Crippen molar-refractivity contribution in [3.8, 4) is 0 Å². The van der Waals surface area contributed by atoms with Crippen LogP contribution in [0.15, 0.2) is 32.2 Å². The lowest BCUT2D eigenvalue weighted by Gasteiger charge is -2.14. The zero-order valence-electron chi connectivity index (χ0n) is 11.7. The lowest BCUT2D eigenvalue weighted by Crippen LogP contribution is -2.25. The molecule has 1 N–H and O–H groups in total. The maximum Gasteiger partial charge on any atom is 0.252 e. The molecule has 7 heteroatoms. The highest BCUT2D eigenvalue weighted by Gasteiger charge is 2.23. The first kappa shape index (κ1) is 15.2. The van der Waals surface area contributed by atoms with Crippen molar-refractivity contribution in [2.24, 2.45) is 0 Å². The van der Waals surface area contributed by atoms with Crippen LogP contribution in [0.5, 0.6) is 0 Å². The number of nitrogens with one attached hydrogen (secondary N) is 1. The third-order valence-corrected chi connectivity index (χ3v) is 6.12. The molecule has 0 aliphatic heterocycles. The van der Waals surface area contributed by atoms with Crippen LogP contribution in [0.2, 0.25) is 0 Å². The van der Waals surface area contributed by atoms with Gasteiger partial charge in [-0.25, -0.2) is 8.42 Å². The molecular formula is C13H18N2O3S2. The predicted octanol–water partition coefficient (Wildman–Crippen LogP) is 2.19. The minimum absolute atomic E-state index is 0.232. The Balaban J connectivity index is 2.15. The number of sulfonamides is 1. The SMILES string of the molecule is CNCc1csc(S(=O)(=O)N(C)Cc2ccc(C)o2)c1. The third-order valence-electron chi connectivity index (χ3n) is 2.85. The molecule has 0 radical (unpaired) electrons. The molecule has 0 unspecified atom stereocenters. The highest BCUT2D eigenvalue weighted by Crippen LogP contribution is 2.24. The Morgan fingerprint density at radius 2 is 2.15 bits per heavy atom. The van der Waals surface area contributed by atoms with Crippen LogP contribution in [0.3, 0.4) is 0 Å². The van der Waals surface area contributed by atoms with Crippen molar-refractivity contribution in [3.05, 3.63) is 40.7 Å². The molecule has 0 bridgehead atoms. The van der Waals surface area contributed by atoms with Gasteiger partial charge in [-0.15, -0.1) is 11.3 Å². The molecule has 0 saturated carbocycles. The lowest BCUT2D eigenvalue weighted by molar-refractivity contribution is 0.398. The van der Waals surface area contributed by atoms with Crippen molar-refractivity contribution in [2.45, 2.75) is 24.2 Å². The topological polar surface area (TPSA) is 62.6 Å². The minimum Gasteiger partial charge on any atom is -0.465 e. The van der Waals surface area contributed by atoms with Gasteiger partial charge in [0.25, 0.3) is 10.0 Å². The van der Waals surface area contributed by atoms with Crippen LogP contribution >= 0.6 is 11.3 Å². The standard InChI is InChI=1S/C13H18N2O3S2/c1-10-4-5-12(18-10)8-15(3)20(16,17)13-6-11(7-14-2)9-19-13/h4-6,9,14H,7-8H2,1-3H3. The average molecular weight is 314 g/mol. The van der Waals surface area contributed by atoms with Crippen LogP contribution in [0, 0.1) is 6.92 Å². The molecule has 5 nitrogen and oxygen atoms in total. The van der Waals surface area contributed by atoms with E-state index in [9.17, 15) is 8.42 Å². The van der Waals surface area contributed by atoms with Gasteiger partial charge in [-0.05, 0) is 43.1 Å². The Hall–Kier alpha value is -1.15. The highest BCUT2D eigenvalue weighted by molar-refractivity contribution is 7.91. The Morgan fingerprint density at radius 3 is 2.75 bits per heavy atom. The number of aryl methyl sites for hydroxylation is 1. The second kappa shape index (κ2) is 6.09. The Morgan fingerprint density at radius 1 is 1.40 bits per heavy atom. The van der Waals surface area contributed by atoms with E-state index in [1.54, 1.807) is 19.2 Å². The van der Waals surface area contributed by atoms with Crippen molar-refractivity contribution >= 4 is 21.4 Å². The Labute approximate surface area is 123 Å². The Kier molecular flexibility index (Phi) is 4.64. The fourth-order valence-electron chi connectivity index (χ4n) is 1.81. The van der Waals surface area contributed by atoms with Gasteiger partial charge in [0.15, 0.2) is 0 Å². The van der Waals surface area contributed by atoms with Gasteiger partial charge in [0.2, 0.25) is 0 Å². The first-order valence-corrected chi connectivity index (χ1v) is 8.49. The molecule has 2 aromatic rings. The van der Waals surface area contributed by atoms with Crippen molar-refractivity contribution in [3.63, 3.8) is 0 Å². The van der Waals surface area contributed by atoms with Gasteiger partial charge in [0, 0.05) is 13.6 Å². The summed E-state index contributed by atoms with van der Waals surface area (Å²) in [5.74, 6) is 1.42. The maximum atomic E-state index is 12.4. The summed E-state index contributed by atoms with van der Waals surface area (Å²) < 4.78 is 31.9. The van der Waals surface area contributed by atoms with Crippen LogP contribution < -0.4 is 5.32 Å². The molecule has 0 aromatic carbocycles. The van der Waals surface area contributed by atoms with Gasteiger partial charge in [-0.1, -0.05) is 0 Å². The molecule has 2 aromatic heterocycles. The van der Waals surface area contributed by atoms with E-state index in [0.717, 1.165) is 11.3 Å². The predicted molar refractivity (Wildman–Crippen MR) is 79.2 cm³/mol. The van der Waals surface area contributed by atoms with E-state index in [1.165, 1.54) is 15.6 Å². The summed E-state index contributed by atoms with van der Waals surface area (Å²) in [6.45, 7) is 2.73. The fourth-order valence-corrected chi connectivity index (χ4v) is 4.37. The second-order valence-corrected chi connectivity index (χ2v) is 7.76. The summed E-state index contributed by atoms with van der Waals surface area (Å²) >= 11 is 1.24. The molecule has 20 heavy (non-hydrogen) atoms. The average Bonchev–Trinajstić information content (AvgIpc) is 2.99. The largest absolute Gasteiger partial charge is 0.465 e. The normalized spacial score (nSPS) is 12.2. The summed E-state index contributed by atoms with van der Waals surface area (Å²) in [5.41, 5.74) is 0.971. The molecule has 2 rings (SSSR count).